The van der Waals surface area contributed by atoms with Crippen molar-refractivity contribution in [3.05, 3.63) is 95.1 Å². The number of hydrazine groups is 1. The molecule has 0 spiro atoms. The van der Waals surface area contributed by atoms with Gasteiger partial charge in [0.25, 0.3) is 11.8 Å². The summed E-state index contributed by atoms with van der Waals surface area (Å²) in [6, 6.07) is 19.9. The molecule has 0 radical (unpaired) electrons. The number of rotatable bonds is 6. The maximum atomic E-state index is 12.7. The Morgan fingerprint density at radius 2 is 1.74 bits per heavy atom. The highest BCUT2D eigenvalue weighted by Gasteiger charge is 2.28. The van der Waals surface area contributed by atoms with Gasteiger partial charge in [0.15, 0.2) is 12.4 Å². The molecule has 0 bridgehead atoms. The number of benzene rings is 2. The highest BCUT2D eigenvalue weighted by molar-refractivity contribution is 6.07. The summed E-state index contributed by atoms with van der Waals surface area (Å²) in [6.07, 6.45) is 1.98. The van der Waals surface area contributed by atoms with Crippen molar-refractivity contribution in [3.8, 4) is 5.75 Å². The van der Waals surface area contributed by atoms with E-state index in [1.54, 1.807) is 37.3 Å². The Morgan fingerprint density at radius 3 is 2.58 bits per heavy atom. The van der Waals surface area contributed by atoms with E-state index < -0.39 is 17.7 Å². The summed E-state index contributed by atoms with van der Waals surface area (Å²) in [6.45, 7) is 1.48. The van der Waals surface area contributed by atoms with Crippen molar-refractivity contribution in [2.45, 2.75) is 26.2 Å². The summed E-state index contributed by atoms with van der Waals surface area (Å²) < 4.78 is 11.2. The minimum atomic E-state index is -0.603. The zero-order valence-electron chi connectivity index (χ0n) is 20.6. The highest BCUT2D eigenvalue weighted by Crippen LogP contribution is 2.29. The number of aryl methyl sites for hydroxylation is 1. The van der Waals surface area contributed by atoms with Crippen molar-refractivity contribution in [3.63, 3.8) is 0 Å². The van der Waals surface area contributed by atoms with Crippen molar-refractivity contribution in [1.29, 1.82) is 0 Å². The number of hydrogen-bond donors (Lipinski definition) is 3. The lowest BCUT2D eigenvalue weighted by Gasteiger charge is -2.13. The lowest BCUT2D eigenvalue weighted by molar-refractivity contribution is -0.123. The molecule has 0 unspecified atom stereocenters. The molecule has 10 nitrogen and oxygen atoms in total. The average Bonchev–Trinajstić information content (AvgIpc) is 3.30. The molecule has 2 heterocycles. The van der Waals surface area contributed by atoms with Crippen LogP contribution in [0.3, 0.4) is 0 Å². The standard InChI is InChI=1S/C28H25N5O5/c1-17-25-21(30-32-27(35)22-15-14-18-8-5-6-11-20(18)29-22)12-7-13-23(25)38-26(17)28(36)33-31-24(34)16-37-19-9-3-2-4-10-19/h2-6,8-11,14-15H,7,12-13,16H2,1H3,(H,31,34)(H,32,35)(H,33,36)/b30-21+. The van der Waals surface area contributed by atoms with Crippen LogP contribution in [0.2, 0.25) is 0 Å². The van der Waals surface area contributed by atoms with E-state index in [2.05, 4.69) is 26.4 Å². The van der Waals surface area contributed by atoms with Gasteiger partial charge in [-0.25, -0.2) is 10.4 Å². The van der Waals surface area contributed by atoms with Crippen LogP contribution >= 0.6 is 0 Å². The molecule has 3 N–H and O–H groups in total. The normalized spacial score (nSPS) is 13.6. The van der Waals surface area contributed by atoms with Crippen molar-refractivity contribution < 1.29 is 23.5 Å². The average molecular weight is 512 g/mol. The topological polar surface area (TPSA) is 135 Å². The lowest BCUT2D eigenvalue weighted by Crippen LogP contribution is -2.43. The number of carbonyl (C=O) groups is 3. The molecule has 0 aliphatic heterocycles. The van der Waals surface area contributed by atoms with E-state index in [0.717, 1.165) is 11.8 Å². The molecular formula is C28H25N5O5. The summed E-state index contributed by atoms with van der Waals surface area (Å²) in [5.41, 5.74) is 10.1. The quantitative estimate of drug-likeness (QED) is 0.340. The number of pyridine rings is 1. The van der Waals surface area contributed by atoms with Crippen LogP contribution in [0.4, 0.5) is 0 Å². The summed E-state index contributed by atoms with van der Waals surface area (Å²) in [7, 11) is 0. The minimum Gasteiger partial charge on any atom is -0.484 e. The fourth-order valence-electron chi connectivity index (χ4n) is 4.25. The van der Waals surface area contributed by atoms with Gasteiger partial charge in [0.1, 0.15) is 17.2 Å². The third-order valence-corrected chi connectivity index (χ3v) is 6.08. The number of para-hydroxylation sites is 2. The highest BCUT2D eigenvalue weighted by atomic mass is 16.5. The third kappa shape index (κ3) is 5.39. The molecule has 5 rings (SSSR count). The molecule has 38 heavy (non-hydrogen) atoms. The van der Waals surface area contributed by atoms with Gasteiger partial charge in [0, 0.05) is 22.9 Å². The van der Waals surface area contributed by atoms with Gasteiger partial charge < -0.3 is 9.15 Å². The molecule has 0 saturated heterocycles. The van der Waals surface area contributed by atoms with Crippen LogP contribution in [0.1, 0.15) is 50.8 Å². The summed E-state index contributed by atoms with van der Waals surface area (Å²) in [5.74, 6) is -0.350. The summed E-state index contributed by atoms with van der Waals surface area (Å²) >= 11 is 0. The van der Waals surface area contributed by atoms with E-state index in [1.165, 1.54) is 0 Å². The fraction of sp³-hybridized carbons (Fsp3) is 0.179. The second-order valence-electron chi connectivity index (χ2n) is 8.70. The Balaban J connectivity index is 1.24. The molecule has 4 aromatic rings. The maximum absolute atomic E-state index is 12.7. The monoisotopic (exact) mass is 511 g/mol. The van der Waals surface area contributed by atoms with Gasteiger partial charge in [-0.15, -0.1) is 0 Å². The molecule has 10 heteroatoms. The van der Waals surface area contributed by atoms with E-state index in [1.807, 2.05) is 36.4 Å². The van der Waals surface area contributed by atoms with Gasteiger partial charge in [-0.2, -0.15) is 5.10 Å². The first-order valence-electron chi connectivity index (χ1n) is 12.1. The Labute approximate surface area is 218 Å². The van der Waals surface area contributed by atoms with Crippen LogP contribution in [0.5, 0.6) is 5.75 Å². The Kier molecular flexibility index (Phi) is 7.12. The second-order valence-corrected chi connectivity index (χ2v) is 8.70. The number of nitrogens with zero attached hydrogens (tertiary/aromatic N) is 2. The Morgan fingerprint density at radius 1 is 0.947 bits per heavy atom. The lowest BCUT2D eigenvalue weighted by atomic mass is 9.93. The molecule has 0 saturated carbocycles. The molecule has 0 atom stereocenters. The van der Waals surface area contributed by atoms with Crippen molar-refractivity contribution in [2.24, 2.45) is 5.10 Å². The van der Waals surface area contributed by atoms with E-state index in [-0.39, 0.29) is 18.1 Å². The second kappa shape index (κ2) is 11.0. The maximum Gasteiger partial charge on any atom is 0.305 e. The van der Waals surface area contributed by atoms with E-state index in [4.69, 9.17) is 9.15 Å². The van der Waals surface area contributed by atoms with Crippen LogP contribution in [0.25, 0.3) is 10.9 Å². The molecule has 0 fully saturated rings. The van der Waals surface area contributed by atoms with Gasteiger partial charge in [-0.1, -0.05) is 42.5 Å². The molecule has 1 aliphatic rings. The smallest absolute Gasteiger partial charge is 0.305 e. The van der Waals surface area contributed by atoms with Crippen molar-refractivity contribution in [1.82, 2.24) is 21.3 Å². The predicted molar refractivity (Wildman–Crippen MR) is 140 cm³/mol. The molecule has 1 aliphatic carbocycles. The minimum absolute atomic E-state index is 0.0661. The van der Waals surface area contributed by atoms with Gasteiger partial charge >= 0.3 is 5.91 Å². The number of hydrogen-bond acceptors (Lipinski definition) is 7. The molecule has 192 valence electrons. The van der Waals surface area contributed by atoms with Crippen LogP contribution in [-0.2, 0) is 11.2 Å². The van der Waals surface area contributed by atoms with Crippen LogP contribution < -0.4 is 21.0 Å². The Bertz CT molecular complexity index is 1540. The number of furan rings is 1. The van der Waals surface area contributed by atoms with Crippen molar-refractivity contribution >= 4 is 34.3 Å². The third-order valence-electron chi connectivity index (χ3n) is 6.08. The van der Waals surface area contributed by atoms with Gasteiger partial charge in [-0.05, 0) is 44.0 Å². The largest absolute Gasteiger partial charge is 0.484 e. The number of amides is 3. The molecule has 2 aromatic heterocycles. The first-order chi connectivity index (χ1) is 18.5. The fourth-order valence-corrected chi connectivity index (χ4v) is 4.25. The van der Waals surface area contributed by atoms with E-state index in [9.17, 15) is 14.4 Å². The Hall–Kier alpha value is -4.99. The number of fused-ring (bicyclic) bond motifs is 2. The van der Waals surface area contributed by atoms with Gasteiger partial charge in [0.05, 0.1) is 11.2 Å². The first kappa shape index (κ1) is 24.7. The van der Waals surface area contributed by atoms with Crippen LogP contribution in [-0.4, -0.2) is 35.0 Å². The van der Waals surface area contributed by atoms with Gasteiger partial charge in [-0.3, -0.25) is 25.2 Å². The van der Waals surface area contributed by atoms with Crippen LogP contribution in [0, 0.1) is 6.92 Å². The molecular weight excluding hydrogens is 486 g/mol. The van der Waals surface area contributed by atoms with Gasteiger partial charge in [0.2, 0.25) is 0 Å². The summed E-state index contributed by atoms with van der Waals surface area (Å²) in [4.78, 5) is 41.9. The molecule has 3 amide bonds. The van der Waals surface area contributed by atoms with Crippen LogP contribution in [0.15, 0.2) is 76.2 Å². The number of carbonyl (C=O) groups excluding carboxylic acids is 3. The SMILES string of the molecule is Cc1c(C(=O)NNC(=O)COc2ccccc2)oc2c1/C(=N/NC(=O)c1ccc3ccccc3n1)CCC2. The van der Waals surface area contributed by atoms with E-state index in [0.29, 0.717) is 46.7 Å². The number of hydrazone groups is 1. The first-order valence-corrected chi connectivity index (χ1v) is 12.1. The zero-order chi connectivity index (χ0) is 26.5. The summed E-state index contributed by atoms with van der Waals surface area (Å²) in [5, 5.41) is 5.28. The molecule has 2 aromatic carbocycles. The number of nitrogens with one attached hydrogen (secondary N) is 3. The number of ether oxygens (including phenoxy) is 1. The number of aromatic nitrogens is 1. The predicted octanol–water partition coefficient (Wildman–Crippen LogP) is 3.45. The van der Waals surface area contributed by atoms with E-state index >= 15 is 0 Å². The zero-order valence-corrected chi connectivity index (χ0v) is 20.6. The van der Waals surface area contributed by atoms with Crippen molar-refractivity contribution in [2.75, 3.05) is 6.61 Å².